The Bertz CT molecular complexity index is 2930. The van der Waals surface area contributed by atoms with E-state index in [1.165, 1.54) is 0 Å². The second-order valence-corrected chi connectivity index (χ2v) is 14.0. The molecule has 0 N–H and O–H groups in total. The van der Waals surface area contributed by atoms with Crippen molar-refractivity contribution in [2.75, 3.05) is 0 Å². The molecule has 0 amide bonds. The molecule has 6 nitrogen and oxygen atoms in total. The van der Waals surface area contributed by atoms with Crippen LogP contribution in [0.1, 0.15) is 0 Å². The maximum Gasteiger partial charge on any atom is 0.164 e. The quantitative estimate of drug-likeness (QED) is 0.154. The molecule has 0 aliphatic rings. The molecule has 0 spiro atoms. The first-order chi connectivity index (χ1) is 28.7. The van der Waals surface area contributed by atoms with Crippen molar-refractivity contribution in [2.24, 2.45) is 0 Å². The van der Waals surface area contributed by atoms with Crippen LogP contribution in [0.3, 0.4) is 0 Å². The molecule has 3 heterocycles. The van der Waals surface area contributed by atoms with Gasteiger partial charge in [-0.2, -0.15) is 0 Å². The van der Waals surface area contributed by atoms with Gasteiger partial charge in [0.15, 0.2) is 23.3 Å². The molecule has 272 valence electrons. The lowest BCUT2D eigenvalue weighted by Crippen LogP contribution is -2.01. The predicted octanol–water partition coefficient (Wildman–Crippen LogP) is 12.5. The zero-order valence-corrected chi connectivity index (χ0v) is 31.3. The van der Waals surface area contributed by atoms with Crippen molar-refractivity contribution in [3.8, 4) is 90.3 Å². The summed E-state index contributed by atoms with van der Waals surface area (Å²) in [6, 6.07) is 68.0. The Hall–Kier alpha value is -7.96. The van der Waals surface area contributed by atoms with Gasteiger partial charge in [-0.05, 0) is 52.6 Å². The fraction of sp³-hybridized carbons (Fsp3) is 0. The minimum atomic E-state index is 0.595. The van der Waals surface area contributed by atoms with Crippen LogP contribution in [0.5, 0.6) is 0 Å². The largest absolute Gasteiger partial charge is 0.256 e. The molecular formula is C52H34N6. The van der Waals surface area contributed by atoms with Gasteiger partial charge in [-0.1, -0.05) is 170 Å². The zero-order valence-electron chi connectivity index (χ0n) is 31.3. The summed E-state index contributed by atoms with van der Waals surface area (Å²) in [6.45, 7) is 0. The van der Waals surface area contributed by atoms with E-state index in [1.807, 2.05) is 115 Å². The monoisotopic (exact) mass is 742 g/mol. The lowest BCUT2D eigenvalue weighted by atomic mass is 9.92. The number of fused-ring (bicyclic) bond motifs is 1. The van der Waals surface area contributed by atoms with Gasteiger partial charge in [0.1, 0.15) is 0 Å². The molecule has 0 aliphatic carbocycles. The van der Waals surface area contributed by atoms with Crippen LogP contribution in [-0.2, 0) is 0 Å². The Kier molecular flexibility index (Phi) is 9.10. The molecule has 6 heteroatoms. The summed E-state index contributed by atoms with van der Waals surface area (Å²) in [5.74, 6) is 2.48. The molecule has 0 unspecified atom stereocenters. The van der Waals surface area contributed by atoms with E-state index in [-0.39, 0.29) is 0 Å². The Balaban J connectivity index is 1.12. The topological polar surface area (TPSA) is 77.3 Å². The first-order valence-electron chi connectivity index (χ1n) is 19.2. The maximum absolute atomic E-state index is 5.12. The van der Waals surface area contributed by atoms with Crippen molar-refractivity contribution < 1.29 is 0 Å². The van der Waals surface area contributed by atoms with Crippen molar-refractivity contribution in [3.63, 3.8) is 0 Å². The van der Waals surface area contributed by atoms with Crippen molar-refractivity contribution in [3.05, 3.63) is 206 Å². The maximum atomic E-state index is 5.12. The molecule has 0 fully saturated rings. The highest BCUT2D eigenvalue weighted by Crippen LogP contribution is 2.39. The highest BCUT2D eigenvalue weighted by molar-refractivity contribution is 6.00. The Morgan fingerprint density at radius 3 is 1.34 bits per heavy atom. The van der Waals surface area contributed by atoms with Crippen LogP contribution in [0.4, 0.5) is 0 Å². The normalized spacial score (nSPS) is 11.1. The van der Waals surface area contributed by atoms with Crippen LogP contribution < -0.4 is 0 Å². The van der Waals surface area contributed by atoms with E-state index >= 15 is 0 Å². The predicted molar refractivity (Wildman–Crippen MR) is 234 cm³/mol. The summed E-state index contributed by atoms with van der Waals surface area (Å²) in [4.78, 5) is 30.2. The standard InChI is InChI=1S/C52H34N6/c1-5-17-35(18-6-1)46-34-47(36-19-7-2-8-20-36)55-51(54-46)40-26-15-25-39(31-40)45-32-41(33-48-43(45)29-16-30-53-48)42-27-13-14-28-44(42)52-57-49(37-21-9-3-10-22-37)56-50(58-52)38-23-11-4-12-24-38/h1-34H. The molecule has 10 aromatic rings. The van der Waals surface area contributed by atoms with Gasteiger partial charge in [0.25, 0.3) is 0 Å². The van der Waals surface area contributed by atoms with Gasteiger partial charge >= 0.3 is 0 Å². The van der Waals surface area contributed by atoms with Crippen LogP contribution in [0.15, 0.2) is 206 Å². The molecule has 3 aromatic heterocycles. The van der Waals surface area contributed by atoms with Gasteiger partial charge in [0, 0.05) is 45.0 Å². The van der Waals surface area contributed by atoms with Gasteiger partial charge in [-0.3, -0.25) is 4.98 Å². The van der Waals surface area contributed by atoms with E-state index in [0.29, 0.717) is 23.3 Å². The Labute approximate surface area is 336 Å². The van der Waals surface area contributed by atoms with Gasteiger partial charge < -0.3 is 0 Å². The third-order valence-electron chi connectivity index (χ3n) is 10.2. The first-order valence-corrected chi connectivity index (χ1v) is 19.2. The summed E-state index contributed by atoms with van der Waals surface area (Å²) in [7, 11) is 0. The number of hydrogen-bond donors (Lipinski definition) is 0. The molecule has 0 bridgehead atoms. The molecule has 0 saturated heterocycles. The van der Waals surface area contributed by atoms with Gasteiger partial charge in [-0.25, -0.2) is 24.9 Å². The molecule has 0 atom stereocenters. The van der Waals surface area contributed by atoms with E-state index in [0.717, 1.165) is 77.9 Å². The molecule has 0 aliphatic heterocycles. The molecule has 58 heavy (non-hydrogen) atoms. The lowest BCUT2D eigenvalue weighted by Gasteiger charge is -2.15. The van der Waals surface area contributed by atoms with Gasteiger partial charge in [0.05, 0.1) is 16.9 Å². The van der Waals surface area contributed by atoms with Crippen molar-refractivity contribution >= 4 is 10.9 Å². The fourth-order valence-electron chi connectivity index (χ4n) is 7.35. The highest BCUT2D eigenvalue weighted by atomic mass is 15.0. The smallest absolute Gasteiger partial charge is 0.164 e. The Morgan fingerprint density at radius 1 is 0.259 bits per heavy atom. The summed E-state index contributed by atoms with van der Waals surface area (Å²) in [5, 5.41) is 1.04. The highest BCUT2D eigenvalue weighted by Gasteiger charge is 2.18. The average Bonchev–Trinajstić information content (AvgIpc) is 3.32. The van der Waals surface area contributed by atoms with Crippen LogP contribution in [0.25, 0.3) is 101 Å². The zero-order chi connectivity index (χ0) is 38.7. The van der Waals surface area contributed by atoms with E-state index < -0.39 is 0 Å². The minimum absolute atomic E-state index is 0.595. The summed E-state index contributed by atoms with van der Waals surface area (Å²) in [6.07, 6.45) is 1.84. The van der Waals surface area contributed by atoms with E-state index in [2.05, 4.69) is 91.0 Å². The summed E-state index contributed by atoms with van der Waals surface area (Å²) in [5.41, 5.74) is 12.4. The Morgan fingerprint density at radius 2 is 0.741 bits per heavy atom. The molecule has 10 rings (SSSR count). The first kappa shape index (κ1) is 34.5. The van der Waals surface area contributed by atoms with Gasteiger partial charge in [0.2, 0.25) is 0 Å². The number of rotatable bonds is 8. The summed E-state index contributed by atoms with van der Waals surface area (Å²) < 4.78 is 0. The second kappa shape index (κ2) is 15.3. The molecule has 0 radical (unpaired) electrons. The minimum Gasteiger partial charge on any atom is -0.256 e. The number of hydrogen-bond acceptors (Lipinski definition) is 6. The average molecular weight is 743 g/mol. The second-order valence-electron chi connectivity index (χ2n) is 14.0. The van der Waals surface area contributed by atoms with E-state index in [9.17, 15) is 0 Å². The molecular weight excluding hydrogens is 709 g/mol. The van der Waals surface area contributed by atoms with Crippen LogP contribution >= 0.6 is 0 Å². The number of benzene rings is 7. The van der Waals surface area contributed by atoms with Crippen LogP contribution in [0.2, 0.25) is 0 Å². The van der Waals surface area contributed by atoms with Crippen molar-refractivity contribution in [1.29, 1.82) is 0 Å². The van der Waals surface area contributed by atoms with Crippen molar-refractivity contribution in [2.45, 2.75) is 0 Å². The number of nitrogens with zero attached hydrogens (tertiary/aromatic N) is 6. The van der Waals surface area contributed by atoms with Gasteiger partial charge in [-0.15, -0.1) is 0 Å². The van der Waals surface area contributed by atoms with E-state index in [1.54, 1.807) is 0 Å². The third-order valence-corrected chi connectivity index (χ3v) is 10.2. The third kappa shape index (κ3) is 6.91. The fourth-order valence-corrected chi connectivity index (χ4v) is 7.35. The lowest BCUT2D eigenvalue weighted by molar-refractivity contribution is 1.07. The molecule has 0 saturated carbocycles. The van der Waals surface area contributed by atoms with E-state index in [4.69, 9.17) is 29.9 Å². The number of aromatic nitrogens is 6. The number of pyridine rings is 1. The SMILES string of the molecule is c1ccc(-c2cc(-c3ccccc3)nc(-c3cccc(-c4cc(-c5ccccc5-c5nc(-c6ccccc6)nc(-c6ccccc6)n5)cc5ncccc45)c3)n2)cc1. The van der Waals surface area contributed by atoms with Crippen LogP contribution in [0, 0.1) is 0 Å². The van der Waals surface area contributed by atoms with Crippen LogP contribution in [-0.4, -0.2) is 29.9 Å². The molecule has 7 aromatic carbocycles. The van der Waals surface area contributed by atoms with Crippen molar-refractivity contribution in [1.82, 2.24) is 29.9 Å². The summed E-state index contributed by atoms with van der Waals surface area (Å²) >= 11 is 0.